The number of nitrogens with zero attached hydrogens (tertiary/aromatic N) is 2. The summed E-state index contributed by atoms with van der Waals surface area (Å²) in [6.45, 7) is 2.03. The minimum atomic E-state index is -2.58. The van der Waals surface area contributed by atoms with E-state index in [4.69, 9.17) is 11.6 Å². The van der Waals surface area contributed by atoms with Gasteiger partial charge in [0, 0.05) is 18.8 Å². The van der Waals surface area contributed by atoms with E-state index in [1.54, 1.807) is 0 Å². The van der Waals surface area contributed by atoms with Crippen LogP contribution in [-0.4, -0.2) is 15.9 Å². The molecule has 1 aromatic heterocycles. The zero-order valence-corrected chi connectivity index (χ0v) is 12.4. The number of halogens is 4. The Balaban J connectivity index is 2.29. The molecule has 6 heteroatoms. The monoisotopic (exact) mass is 338 g/mol. The van der Waals surface area contributed by atoms with Crippen LogP contribution in [0.5, 0.6) is 0 Å². The molecule has 1 saturated carbocycles. The van der Waals surface area contributed by atoms with E-state index in [0.29, 0.717) is 21.9 Å². The lowest BCUT2D eigenvalue weighted by atomic mass is 10.1. The molecule has 0 spiro atoms. The maximum absolute atomic E-state index is 13.2. The molecule has 2 rings (SSSR count). The van der Waals surface area contributed by atoms with Crippen LogP contribution in [0.1, 0.15) is 50.0 Å². The number of aryl methyl sites for hydroxylation is 1. The van der Waals surface area contributed by atoms with Gasteiger partial charge in [0.05, 0.1) is 10.2 Å². The molecule has 0 aromatic carbocycles. The van der Waals surface area contributed by atoms with Gasteiger partial charge in [-0.3, -0.25) is 0 Å². The summed E-state index contributed by atoms with van der Waals surface area (Å²) in [6, 6.07) is 0. The predicted octanol–water partition coefficient (Wildman–Crippen LogP) is 4.75. The van der Waals surface area contributed by atoms with Crippen molar-refractivity contribution in [2.75, 3.05) is 0 Å². The van der Waals surface area contributed by atoms with Gasteiger partial charge in [-0.05, 0) is 28.8 Å². The van der Waals surface area contributed by atoms with E-state index >= 15 is 0 Å². The summed E-state index contributed by atoms with van der Waals surface area (Å²) in [6.07, 6.45) is 1.86. The van der Waals surface area contributed by atoms with Crippen LogP contribution in [0.4, 0.5) is 8.78 Å². The average molecular weight is 340 g/mol. The second kappa shape index (κ2) is 5.37. The molecule has 1 aliphatic carbocycles. The van der Waals surface area contributed by atoms with Crippen LogP contribution in [0.3, 0.4) is 0 Å². The van der Waals surface area contributed by atoms with Crippen LogP contribution in [0.15, 0.2) is 4.47 Å². The highest BCUT2D eigenvalue weighted by atomic mass is 79.9. The Morgan fingerprint density at radius 1 is 1.44 bits per heavy atom. The molecule has 1 heterocycles. The highest BCUT2D eigenvalue weighted by Gasteiger charge is 2.41. The van der Waals surface area contributed by atoms with Gasteiger partial charge in [0.1, 0.15) is 11.0 Å². The molecule has 2 nitrogen and oxygen atoms in total. The van der Waals surface area contributed by atoms with E-state index in [0.717, 1.165) is 18.5 Å². The summed E-state index contributed by atoms with van der Waals surface area (Å²) < 4.78 is 27.1. The molecule has 0 saturated heterocycles. The molecule has 100 valence electrons. The first kappa shape index (κ1) is 14.1. The van der Waals surface area contributed by atoms with Crippen molar-refractivity contribution in [2.45, 2.75) is 50.9 Å². The maximum atomic E-state index is 13.2. The summed E-state index contributed by atoms with van der Waals surface area (Å²) in [4.78, 5) is 8.53. The van der Waals surface area contributed by atoms with Crippen LogP contribution >= 0.6 is 27.5 Å². The van der Waals surface area contributed by atoms with Gasteiger partial charge in [0.15, 0.2) is 0 Å². The molecule has 1 unspecified atom stereocenters. The largest absolute Gasteiger partial charge is 0.248 e. The lowest BCUT2D eigenvalue weighted by molar-refractivity contribution is 0.00753. The Labute approximate surface area is 118 Å². The third kappa shape index (κ3) is 2.99. The molecular weight excluding hydrogens is 325 g/mol. The van der Waals surface area contributed by atoms with Crippen molar-refractivity contribution < 1.29 is 8.78 Å². The summed E-state index contributed by atoms with van der Waals surface area (Å²) >= 11 is 9.36. The number of alkyl halides is 2. The Morgan fingerprint density at radius 2 is 2.17 bits per heavy atom. The molecular formula is C12H14BrClF2N2. The van der Waals surface area contributed by atoms with Crippen molar-refractivity contribution in [2.24, 2.45) is 0 Å². The molecule has 18 heavy (non-hydrogen) atoms. The van der Waals surface area contributed by atoms with E-state index in [2.05, 4.69) is 25.9 Å². The SMILES string of the molecule is CCCc1nc(C2CCC(F)(F)C2)nc(Cl)c1Br. The van der Waals surface area contributed by atoms with Gasteiger partial charge in [-0.15, -0.1) is 0 Å². The highest BCUT2D eigenvalue weighted by molar-refractivity contribution is 9.10. The second-order valence-electron chi connectivity index (χ2n) is 4.68. The van der Waals surface area contributed by atoms with Gasteiger partial charge in [-0.2, -0.15) is 0 Å². The first-order valence-electron chi connectivity index (χ1n) is 6.02. The van der Waals surface area contributed by atoms with E-state index in [1.165, 1.54) is 0 Å². The van der Waals surface area contributed by atoms with Gasteiger partial charge in [-0.1, -0.05) is 24.9 Å². The fourth-order valence-electron chi connectivity index (χ4n) is 2.24. The van der Waals surface area contributed by atoms with Crippen LogP contribution in [-0.2, 0) is 6.42 Å². The number of rotatable bonds is 3. The van der Waals surface area contributed by atoms with Crippen molar-refractivity contribution in [3.8, 4) is 0 Å². The van der Waals surface area contributed by atoms with Crippen molar-refractivity contribution in [3.05, 3.63) is 21.1 Å². The standard InChI is InChI=1S/C12H14BrClF2N2/c1-2-3-8-9(13)10(14)18-11(17-8)7-4-5-12(15,16)6-7/h7H,2-6H2,1H3. The summed E-state index contributed by atoms with van der Waals surface area (Å²) in [5.41, 5.74) is 0.808. The van der Waals surface area contributed by atoms with Gasteiger partial charge < -0.3 is 0 Å². The average Bonchev–Trinajstić information content (AvgIpc) is 2.65. The summed E-state index contributed by atoms with van der Waals surface area (Å²) in [5.74, 6) is -2.40. The van der Waals surface area contributed by atoms with E-state index < -0.39 is 5.92 Å². The van der Waals surface area contributed by atoms with Crippen molar-refractivity contribution in [3.63, 3.8) is 0 Å². The molecule has 1 aliphatic rings. The topological polar surface area (TPSA) is 25.8 Å². The number of hydrogen-bond donors (Lipinski definition) is 0. The van der Waals surface area contributed by atoms with Gasteiger partial charge >= 0.3 is 0 Å². The lowest BCUT2D eigenvalue weighted by Gasteiger charge is -2.12. The van der Waals surface area contributed by atoms with Crippen molar-refractivity contribution in [1.82, 2.24) is 9.97 Å². The molecule has 0 aliphatic heterocycles. The van der Waals surface area contributed by atoms with Crippen LogP contribution < -0.4 is 0 Å². The lowest BCUT2D eigenvalue weighted by Crippen LogP contribution is -2.11. The third-order valence-electron chi connectivity index (χ3n) is 3.15. The predicted molar refractivity (Wildman–Crippen MR) is 70.3 cm³/mol. The van der Waals surface area contributed by atoms with E-state index in [1.807, 2.05) is 6.92 Å². The Hall–Kier alpha value is -0.290. The minimum absolute atomic E-state index is 0.0855. The molecule has 0 radical (unpaired) electrons. The van der Waals surface area contributed by atoms with E-state index in [-0.39, 0.29) is 18.8 Å². The van der Waals surface area contributed by atoms with Crippen LogP contribution in [0.25, 0.3) is 0 Å². The van der Waals surface area contributed by atoms with Gasteiger partial charge in [0.25, 0.3) is 0 Å². The third-order valence-corrected chi connectivity index (χ3v) is 4.49. The zero-order chi connectivity index (χ0) is 13.3. The first-order chi connectivity index (χ1) is 8.43. The quantitative estimate of drug-likeness (QED) is 0.743. The zero-order valence-electron chi connectivity index (χ0n) is 10.0. The first-order valence-corrected chi connectivity index (χ1v) is 7.19. The van der Waals surface area contributed by atoms with Gasteiger partial charge in [0.2, 0.25) is 5.92 Å². The number of hydrogen-bond acceptors (Lipinski definition) is 2. The normalized spacial score (nSPS) is 22.4. The second-order valence-corrected chi connectivity index (χ2v) is 5.83. The smallest absolute Gasteiger partial charge is 0.236 e. The fourth-order valence-corrected chi connectivity index (χ4v) is 2.81. The molecule has 0 amide bonds. The Bertz CT molecular complexity index is 454. The summed E-state index contributed by atoms with van der Waals surface area (Å²) in [7, 11) is 0. The van der Waals surface area contributed by atoms with Crippen molar-refractivity contribution >= 4 is 27.5 Å². The fraction of sp³-hybridized carbons (Fsp3) is 0.667. The van der Waals surface area contributed by atoms with Crippen LogP contribution in [0.2, 0.25) is 5.15 Å². The molecule has 0 N–H and O–H groups in total. The molecule has 1 atom stereocenters. The molecule has 0 bridgehead atoms. The van der Waals surface area contributed by atoms with Gasteiger partial charge in [-0.25, -0.2) is 18.7 Å². The highest BCUT2D eigenvalue weighted by Crippen LogP contribution is 2.43. The number of aromatic nitrogens is 2. The molecule has 1 fully saturated rings. The Kier molecular flexibility index (Phi) is 4.22. The minimum Gasteiger partial charge on any atom is -0.236 e. The van der Waals surface area contributed by atoms with Crippen molar-refractivity contribution in [1.29, 1.82) is 0 Å². The Morgan fingerprint density at radius 3 is 2.72 bits per heavy atom. The maximum Gasteiger partial charge on any atom is 0.248 e. The molecule has 1 aromatic rings. The van der Waals surface area contributed by atoms with Crippen LogP contribution in [0, 0.1) is 0 Å². The summed E-state index contributed by atoms with van der Waals surface area (Å²) in [5, 5.41) is 0.318. The van der Waals surface area contributed by atoms with E-state index in [9.17, 15) is 8.78 Å².